The van der Waals surface area contributed by atoms with Crippen molar-refractivity contribution in [2.24, 2.45) is 5.84 Å². The fourth-order valence-electron chi connectivity index (χ4n) is 1.74. The zero-order valence-electron chi connectivity index (χ0n) is 11.3. The predicted octanol–water partition coefficient (Wildman–Crippen LogP) is 2.70. The minimum atomic E-state index is -0.0974. The molecule has 96 valence electrons. The van der Waals surface area contributed by atoms with E-state index in [0.717, 1.165) is 12.8 Å². The number of benzene rings is 1. The molecule has 0 saturated heterocycles. The summed E-state index contributed by atoms with van der Waals surface area (Å²) in [6.45, 7) is 6.27. The monoisotopic (exact) mass is 236 g/mol. The Bertz CT molecular complexity index is 333. The predicted molar refractivity (Wildman–Crippen MR) is 71.6 cm³/mol. The van der Waals surface area contributed by atoms with Crippen LogP contribution in [-0.2, 0) is 4.74 Å². The second kappa shape index (κ2) is 6.15. The smallest absolute Gasteiger partial charge is 0.0623 e. The first-order valence-corrected chi connectivity index (χ1v) is 6.06. The highest BCUT2D eigenvalue weighted by Crippen LogP contribution is 2.24. The van der Waals surface area contributed by atoms with Crippen LogP contribution in [0.15, 0.2) is 24.3 Å². The number of hydrogen-bond donors (Lipinski definition) is 2. The van der Waals surface area contributed by atoms with Crippen molar-refractivity contribution in [1.82, 2.24) is 5.43 Å². The first-order valence-electron chi connectivity index (χ1n) is 6.06. The summed E-state index contributed by atoms with van der Waals surface area (Å²) in [6, 6.07) is 8.66. The molecule has 0 aliphatic rings. The maximum Gasteiger partial charge on any atom is 0.0623 e. The molecule has 1 rings (SSSR count). The van der Waals surface area contributed by atoms with Crippen LogP contribution in [0.25, 0.3) is 0 Å². The molecule has 1 unspecified atom stereocenters. The highest BCUT2D eigenvalue weighted by atomic mass is 16.5. The van der Waals surface area contributed by atoms with Gasteiger partial charge in [0.15, 0.2) is 0 Å². The fraction of sp³-hybridized carbons (Fsp3) is 0.571. The van der Waals surface area contributed by atoms with Crippen molar-refractivity contribution >= 4 is 0 Å². The molecule has 0 saturated carbocycles. The molecular weight excluding hydrogens is 212 g/mol. The van der Waals surface area contributed by atoms with Crippen LogP contribution >= 0.6 is 0 Å². The van der Waals surface area contributed by atoms with Crippen LogP contribution in [-0.4, -0.2) is 12.7 Å². The number of aryl methyl sites for hydroxylation is 1. The lowest BCUT2D eigenvalue weighted by atomic mass is 9.95. The van der Waals surface area contributed by atoms with Gasteiger partial charge in [-0.25, -0.2) is 0 Å². The summed E-state index contributed by atoms with van der Waals surface area (Å²) in [7, 11) is 1.75. The summed E-state index contributed by atoms with van der Waals surface area (Å²) in [4.78, 5) is 0. The Morgan fingerprint density at radius 3 is 2.35 bits per heavy atom. The van der Waals surface area contributed by atoms with Crippen LogP contribution in [0.2, 0.25) is 0 Å². The molecule has 0 fully saturated rings. The van der Waals surface area contributed by atoms with Gasteiger partial charge in [-0.1, -0.05) is 29.8 Å². The van der Waals surface area contributed by atoms with Crippen molar-refractivity contribution in [1.29, 1.82) is 0 Å². The molecule has 0 aromatic heterocycles. The van der Waals surface area contributed by atoms with E-state index in [2.05, 4.69) is 50.5 Å². The first-order chi connectivity index (χ1) is 7.98. The number of hydrogen-bond acceptors (Lipinski definition) is 3. The normalized spacial score (nSPS) is 13.7. The zero-order valence-corrected chi connectivity index (χ0v) is 11.3. The molecule has 0 amide bonds. The minimum absolute atomic E-state index is 0.0974. The van der Waals surface area contributed by atoms with E-state index >= 15 is 0 Å². The average molecular weight is 236 g/mol. The van der Waals surface area contributed by atoms with E-state index in [1.807, 2.05) is 0 Å². The highest BCUT2D eigenvalue weighted by molar-refractivity contribution is 5.24. The summed E-state index contributed by atoms with van der Waals surface area (Å²) < 4.78 is 5.42. The van der Waals surface area contributed by atoms with Crippen LogP contribution in [0.5, 0.6) is 0 Å². The number of hydrazine groups is 1. The highest BCUT2D eigenvalue weighted by Gasteiger charge is 2.19. The molecule has 1 aromatic rings. The summed E-state index contributed by atoms with van der Waals surface area (Å²) >= 11 is 0. The van der Waals surface area contributed by atoms with E-state index in [1.165, 1.54) is 11.1 Å². The van der Waals surface area contributed by atoms with E-state index in [4.69, 9.17) is 10.6 Å². The Balaban J connectivity index is 2.63. The van der Waals surface area contributed by atoms with Crippen molar-refractivity contribution in [3.05, 3.63) is 35.4 Å². The molecule has 0 bridgehead atoms. The van der Waals surface area contributed by atoms with Gasteiger partial charge in [0.05, 0.1) is 5.60 Å². The quantitative estimate of drug-likeness (QED) is 0.589. The van der Waals surface area contributed by atoms with Crippen molar-refractivity contribution < 1.29 is 4.74 Å². The summed E-state index contributed by atoms with van der Waals surface area (Å²) in [5, 5.41) is 0. The number of nitrogens with one attached hydrogen (secondary N) is 1. The standard InChI is InChI=1S/C14H24N2O/c1-11-5-7-12(8-6-11)13(16-15)9-10-14(2,3)17-4/h5-8,13,16H,9-10,15H2,1-4H3. The van der Waals surface area contributed by atoms with Crippen molar-refractivity contribution in [2.75, 3.05) is 7.11 Å². The van der Waals surface area contributed by atoms with Gasteiger partial charge in [-0.15, -0.1) is 0 Å². The Kier molecular flexibility index (Phi) is 5.12. The number of methoxy groups -OCH3 is 1. The molecule has 3 N–H and O–H groups in total. The summed E-state index contributed by atoms with van der Waals surface area (Å²) in [5.74, 6) is 5.62. The third-order valence-corrected chi connectivity index (χ3v) is 3.27. The number of ether oxygens (including phenoxy) is 1. The fourth-order valence-corrected chi connectivity index (χ4v) is 1.74. The summed E-state index contributed by atoms with van der Waals surface area (Å²) in [6.07, 6.45) is 1.92. The van der Waals surface area contributed by atoms with Gasteiger partial charge in [-0.2, -0.15) is 0 Å². The van der Waals surface area contributed by atoms with E-state index in [9.17, 15) is 0 Å². The Morgan fingerprint density at radius 2 is 1.88 bits per heavy atom. The molecule has 1 atom stereocenters. The van der Waals surface area contributed by atoms with Gasteiger partial charge in [0.1, 0.15) is 0 Å². The lowest BCUT2D eigenvalue weighted by molar-refractivity contribution is 0.0117. The molecule has 17 heavy (non-hydrogen) atoms. The molecule has 0 aliphatic carbocycles. The minimum Gasteiger partial charge on any atom is -0.379 e. The molecule has 0 spiro atoms. The average Bonchev–Trinajstić information content (AvgIpc) is 2.32. The topological polar surface area (TPSA) is 47.3 Å². The largest absolute Gasteiger partial charge is 0.379 e. The van der Waals surface area contributed by atoms with E-state index < -0.39 is 0 Å². The van der Waals surface area contributed by atoms with Gasteiger partial charge in [-0.3, -0.25) is 11.3 Å². The third kappa shape index (κ3) is 4.46. The molecule has 0 heterocycles. The van der Waals surface area contributed by atoms with Crippen molar-refractivity contribution in [3.8, 4) is 0 Å². The molecule has 0 radical (unpaired) electrons. The van der Waals surface area contributed by atoms with E-state index in [0.29, 0.717) is 0 Å². The van der Waals surface area contributed by atoms with Gasteiger partial charge in [0.25, 0.3) is 0 Å². The lowest BCUT2D eigenvalue weighted by Crippen LogP contribution is -2.31. The van der Waals surface area contributed by atoms with Gasteiger partial charge < -0.3 is 4.74 Å². The molecule has 3 heteroatoms. The Labute approximate surface area is 104 Å². The molecule has 3 nitrogen and oxygen atoms in total. The van der Waals surface area contributed by atoms with Crippen LogP contribution in [0.3, 0.4) is 0 Å². The second-order valence-corrected chi connectivity index (χ2v) is 5.13. The Hall–Kier alpha value is -0.900. The lowest BCUT2D eigenvalue weighted by Gasteiger charge is -2.25. The maximum atomic E-state index is 5.62. The van der Waals surface area contributed by atoms with Crippen molar-refractivity contribution in [2.45, 2.75) is 45.3 Å². The second-order valence-electron chi connectivity index (χ2n) is 5.13. The molecular formula is C14H24N2O. The van der Waals surface area contributed by atoms with E-state index in [1.54, 1.807) is 7.11 Å². The molecule has 1 aromatic carbocycles. The third-order valence-electron chi connectivity index (χ3n) is 3.27. The van der Waals surface area contributed by atoms with Crippen LogP contribution < -0.4 is 11.3 Å². The SMILES string of the molecule is COC(C)(C)CCC(NN)c1ccc(C)cc1. The van der Waals surface area contributed by atoms with Crippen LogP contribution in [0.1, 0.15) is 43.9 Å². The van der Waals surface area contributed by atoms with Gasteiger partial charge >= 0.3 is 0 Å². The molecule has 0 aliphatic heterocycles. The van der Waals surface area contributed by atoms with Crippen LogP contribution in [0.4, 0.5) is 0 Å². The van der Waals surface area contributed by atoms with Gasteiger partial charge in [-0.05, 0) is 39.2 Å². The van der Waals surface area contributed by atoms with Crippen molar-refractivity contribution in [3.63, 3.8) is 0 Å². The van der Waals surface area contributed by atoms with Gasteiger partial charge in [0, 0.05) is 13.2 Å². The zero-order chi connectivity index (χ0) is 12.9. The van der Waals surface area contributed by atoms with Gasteiger partial charge in [0.2, 0.25) is 0 Å². The Morgan fingerprint density at radius 1 is 1.29 bits per heavy atom. The summed E-state index contributed by atoms with van der Waals surface area (Å²) in [5.41, 5.74) is 5.27. The first kappa shape index (κ1) is 14.2. The number of nitrogens with two attached hydrogens (primary N) is 1. The maximum absolute atomic E-state index is 5.62. The van der Waals surface area contributed by atoms with E-state index in [-0.39, 0.29) is 11.6 Å². The number of rotatable bonds is 6. The van der Waals surface area contributed by atoms with Crippen LogP contribution in [0, 0.1) is 6.92 Å².